The Morgan fingerprint density at radius 3 is 2.94 bits per heavy atom. The summed E-state index contributed by atoms with van der Waals surface area (Å²) >= 11 is 0. The Morgan fingerprint density at radius 2 is 2.19 bits per heavy atom. The second kappa shape index (κ2) is 6.78. The number of hydrogen-bond donors (Lipinski definition) is 1. The summed E-state index contributed by atoms with van der Waals surface area (Å²) in [4.78, 5) is 10.9. The molecular weight excluding hydrogens is 224 g/mol. The topological polar surface area (TPSA) is 41.1 Å². The maximum Gasteiger partial charge on any atom is 0.0755 e. The van der Waals surface area contributed by atoms with Crippen LogP contribution in [-0.4, -0.2) is 41.0 Å². The van der Waals surface area contributed by atoms with Gasteiger partial charge in [0.05, 0.1) is 11.7 Å². The molecule has 0 spiro atoms. The number of nitrogens with one attached hydrogen (secondary N) is 1. The highest BCUT2D eigenvalue weighted by atomic mass is 35.5. The van der Waals surface area contributed by atoms with Crippen LogP contribution in [0, 0.1) is 0 Å². The molecule has 90 valence electrons. The third-order valence-electron chi connectivity index (χ3n) is 2.93. The maximum atomic E-state index is 4.36. The van der Waals surface area contributed by atoms with Crippen molar-refractivity contribution in [1.29, 1.82) is 0 Å². The standard InChI is InChI=1S/C11H18N4.ClH/c1-10(11-9-13-4-5-14-11)15-7-2-3-12-6-8-15;/h4-5,9-10,12H,2-3,6-8H2,1H3;1H. The Labute approximate surface area is 103 Å². The van der Waals surface area contributed by atoms with Crippen molar-refractivity contribution in [2.24, 2.45) is 0 Å². The van der Waals surface area contributed by atoms with Gasteiger partial charge >= 0.3 is 0 Å². The molecule has 1 aliphatic heterocycles. The van der Waals surface area contributed by atoms with Crippen LogP contribution in [-0.2, 0) is 0 Å². The van der Waals surface area contributed by atoms with Crippen molar-refractivity contribution < 1.29 is 0 Å². The normalized spacial score (nSPS) is 19.6. The summed E-state index contributed by atoms with van der Waals surface area (Å²) in [5.74, 6) is 0. The summed E-state index contributed by atoms with van der Waals surface area (Å²) in [7, 11) is 0. The van der Waals surface area contributed by atoms with Crippen molar-refractivity contribution in [3.05, 3.63) is 24.3 Å². The molecule has 0 aromatic carbocycles. The van der Waals surface area contributed by atoms with E-state index < -0.39 is 0 Å². The van der Waals surface area contributed by atoms with Gasteiger partial charge in [-0.3, -0.25) is 14.9 Å². The summed E-state index contributed by atoms with van der Waals surface area (Å²) in [5.41, 5.74) is 1.07. The highest BCUT2D eigenvalue weighted by Crippen LogP contribution is 2.17. The predicted molar refractivity (Wildman–Crippen MR) is 66.8 cm³/mol. The van der Waals surface area contributed by atoms with Crippen LogP contribution < -0.4 is 5.32 Å². The first kappa shape index (κ1) is 13.4. The van der Waals surface area contributed by atoms with Gasteiger partial charge in [0, 0.05) is 38.2 Å². The number of hydrogen-bond acceptors (Lipinski definition) is 4. The first-order valence-corrected chi connectivity index (χ1v) is 5.58. The average Bonchev–Trinajstić information content (AvgIpc) is 2.58. The smallest absolute Gasteiger partial charge is 0.0755 e. The van der Waals surface area contributed by atoms with Gasteiger partial charge in [-0.25, -0.2) is 0 Å². The van der Waals surface area contributed by atoms with Crippen LogP contribution in [0.4, 0.5) is 0 Å². The summed E-state index contributed by atoms with van der Waals surface area (Å²) in [6.45, 7) is 6.64. The van der Waals surface area contributed by atoms with E-state index in [-0.39, 0.29) is 12.4 Å². The van der Waals surface area contributed by atoms with E-state index in [9.17, 15) is 0 Å². The van der Waals surface area contributed by atoms with Gasteiger partial charge < -0.3 is 5.32 Å². The molecule has 5 heteroatoms. The molecular formula is C11H19ClN4. The second-order valence-corrected chi connectivity index (χ2v) is 3.95. The molecule has 0 bridgehead atoms. The zero-order valence-corrected chi connectivity index (χ0v) is 10.4. The van der Waals surface area contributed by atoms with Crippen molar-refractivity contribution in [1.82, 2.24) is 20.2 Å². The van der Waals surface area contributed by atoms with Crippen molar-refractivity contribution in [2.75, 3.05) is 26.2 Å². The Morgan fingerprint density at radius 1 is 1.31 bits per heavy atom. The van der Waals surface area contributed by atoms with E-state index in [0.29, 0.717) is 6.04 Å². The lowest BCUT2D eigenvalue weighted by Crippen LogP contribution is -2.31. The van der Waals surface area contributed by atoms with Crippen molar-refractivity contribution >= 4 is 12.4 Å². The lowest BCUT2D eigenvalue weighted by Gasteiger charge is -2.26. The van der Waals surface area contributed by atoms with Crippen LogP contribution in [0.3, 0.4) is 0 Å². The lowest BCUT2D eigenvalue weighted by atomic mass is 10.2. The molecule has 0 radical (unpaired) electrons. The molecule has 1 atom stereocenters. The van der Waals surface area contributed by atoms with E-state index in [4.69, 9.17) is 0 Å². The largest absolute Gasteiger partial charge is 0.315 e. The minimum atomic E-state index is 0. The summed E-state index contributed by atoms with van der Waals surface area (Å²) in [6.07, 6.45) is 6.57. The summed E-state index contributed by atoms with van der Waals surface area (Å²) in [5, 5.41) is 3.41. The quantitative estimate of drug-likeness (QED) is 0.848. The Balaban J connectivity index is 0.00000128. The highest BCUT2D eigenvalue weighted by molar-refractivity contribution is 5.85. The van der Waals surface area contributed by atoms with Gasteiger partial charge in [0.1, 0.15) is 0 Å². The van der Waals surface area contributed by atoms with Gasteiger partial charge in [-0.15, -0.1) is 12.4 Å². The second-order valence-electron chi connectivity index (χ2n) is 3.95. The number of aromatic nitrogens is 2. The minimum Gasteiger partial charge on any atom is -0.315 e. The molecule has 1 aliphatic rings. The fraction of sp³-hybridized carbons (Fsp3) is 0.636. The van der Waals surface area contributed by atoms with Gasteiger partial charge in [0.15, 0.2) is 0 Å². The summed E-state index contributed by atoms with van der Waals surface area (Å²) in [6, 6.07) is 0.374. The van der Waals surface area contributed by atoms with Gasteiger partial charge in [0.2, 0.25) is 0 Å². The number of halogens is 1. The van der Waals surface area contributed by atoms with Gasteiger partial charge in [-0.1, -0.05) is 0 Å². The zero-order valence-electron chi connectivity index (χ0n) is 9.59. The van der Waals surface area contributed by atoms with Crippen LogP contribution in [0.1, 0.15) is 25.1 Å². The Bertz CT molecular complexity index is 285. The first-order chi connectivity index (χ1) is 7.38. The van der Waals surface area contributed by atoms with E-state index >= 15 is 0 Å². The molecule has 1 fully saturated rings. The molecule has 1 aromatic heterocycles. The first-order valence-electron chi connectivity index (χ1n) is 5.58. The molecule has 16 heavy (non-hydrogen) atoms. The monoisotopic (exact) mass is 242 g/mol. The number of nitrogens with zero attached hydrogens (tertiary/aromatic N) is 3. The zero-order chi connectivity index (χ0) is 10.5. The highest BCUT2D eigenvalue weighted by Gasteiger charge is 2.17. The molecule has 1 saturated heterocycles. The molecule has 1 aromatic rings. The van der Waals surface area contributed by atoms with Crippen LogP contribution in [0.5, 0.6) is 0 Å². The Hall–Kier alpha value is -0.710. The number of rotatable bonds is 2. The Kier molecular flexibility index (Phi) is 5.66. The SMILES string of the molecule is CC(c1cnccn1)N1CCCNCC1.Cl. The molecule has 1 N–H and O–H groups in total. The third kappa shape index (κ3) is 3.40. The van der Waals surface area contributed by atoms with Crippen LogP contribution in [0.25, 0.3) is 0 Å². The predicted octanol–water partition coefficient (Wildman–Crippen LogP) is 1.25. The van der Waals surface area contributed by atoms with Crippen LogP contribution in [0.2, 0.25) is 0 Å². The van der Waals surface area contributed by atoms with Crippen LogP contribution in [0.15, 0.2) is 18.6 Å². The summed E-state index contributed by atoms with van der Waals surface area (Å²) < 4.78 is 0. The van der Waals surface area contributed by atoms with E-state index in [1.807, 2.05) is 6.20 Å². The molecule has 2 rings (SSSR count). The van der Waals surface area contributed by atoms with Gasteiger partial charge in [-0.05, 0) is 19.9 Å². The van der Waals surface area contributed by atoms with Gasteiger partial charge in [0.25, 0.3) is 0 Å². The maximum absolute atomic E-state index is 4.36. The molecule has 4 nitrogen and oxygen atoms in total. The molecule has 0 aliphatic carbocycles. The van der Waals surface area contributed by atoms with Crippen LogP contribution >= 0.6 is 12.4 Å². The van der Waals surface area contributed by atoms with Gasteiger partial charge in [-0.2, -0.15) is 0 Å². The van der Waals surface area contributed by atoms with Crippen molar-refractivity contribution in [3.8, 4) is 0 Å². The minimum absolute atomic E-state index is 0. The fourth-order valence-corrected chi connectivity index (χ4v) is 1.97. The lowest BCUT2D eigenvalue weighted by molar-refractivity contribution is 0.221. The molecule has 0 saturated carbocycles. The average molecular weight is 243 g/mol. The van der Waals surface area contributed by atoms with E-state index in [2.05, 4.69) is 27.1 Å². The van der Waals surface area contributed by atoms with E-state index in [0.717, 1.165) is 31.9 Å². The molecule has 1 unspecified atom stereocenters. The third-order valence-corrected chi connectivity index (χ3v) is 2.93. The fourth-order valence-electron chi connectivity index (χ4n) is 1.97. The van der Waals surface area contributed by atoms with E-state index in [1.165, 1.54) is 6.42 Å². The van der Waals surface area contributed by atoms with Crippen molar-refractivity contribution in [2.45, 2.75) is 19.4 Å². The van der Waals surface area contributed by atoms with E-state index in [1.54, 1.807) is 12.4 Å². The molecule has 0 amide bonds. The van der Waals surface area contributed by atoms with Crippen molar-refractivity contribution in [3.63, 3.8) is 0 Å². The molecule has 2 heterocycles.